The van der Waals surface area contributed by atoms with Crippen LogP contribution in [0.25, 0.3) is 0 Å². The molecule has 0 aromatic carbocycles. The van der Waals surface area contributed by atoms with Gasteiger partial charge in [-0.1, -0.05) is 283 Å². The zero-order chi connectivity index (χ0) is 86.7. The number of unbranched alkanes of at least 4 members (excludes halogenated alkanes) is 1. The van der Waals surface area contributed by atoms with E-state index in [1.54, 1.807) is 0 Å². The Morgan fingerprint density at radius 2 is 0.585 bits per heavy atom. The maximum Gasteiger partial charge on any atom is 0.225 e. The molecule has 14 heteroatoms. The Hall–Kier alpha value is -2.36. The van der Waals surface area contributed by atoms with Gasteiger partial charge in [0.15, 0.2) is 0 Å². The van der Waals surface area contributed by atoms with Crippen LogP contribution in [0.15, 0.2) is 0 Å². The van der Waals surface area contributed by atoms with Crippen molar-refractivity contribution >= 4 is 23.6 Å². The van der Waals surface area contributed by atoms with Crippen LogP contribution in [0.5, 0.6) is 0 Å². The Morgan fingerprint density at radius 1 is 0.292 bits per heavy atom. The van der Waals surface area contributed by atoms with Gasteiger partial charge in [0.2, 0.25) is 23.6 Å². The average molecular weight is 1520 g/mol. The first-order chi connectivity index (χ1) is 47.0. The number of nitrogens with one attached hydrogen (secondary N) is 10. The van der Waals surface area contributed by atoms with Gasteiger partial charge in [-0.25, -0.2) is 0 Å². The highest BCUT2D eigenvalue weighted by Gasteiger charge is 2.24. The highest BCUT2D eigenvalue weighted by atomic mass is 16.2. The summed E-state index contributed by atoms with van der Waals surface area (Å²) in [7, 11) is 2.00. The first-order valence-corrected chi connectivity index (χ1v) is 42.4. The predicted octanol–water partition coefficient (Wildman–Crippen LogP) is 22.7. The number of amides is 4. The fourth-order valence-corrected chi connectivity index (χ4v) is 7.54. The summed E-state index contributed by atoms with van der Waals surface area (Å²) in [6.45, 7) is 113. The van der Waals surface area contributed by atoms with Crippen LogP contribution in [0, 0.1) is 71.9 Å². The van der Waals surface area contributed by atoms with E-state index in [2.05, 4.69) is 289 Å². The molecule has 0 unspecified atom stereocenters. The Morgan fingerprint density at radius 3 is 0.821 bits per heavy atom. The van der Waals surface area contributed by atoms with E-state index >= 15 is 0 Å². The molecule has 4 amide bonds. The lowest BCUT2D eigenvalue weighted by molar-refractivity contribution is -0.129. The van der Waals surface area contributed by atoms with E-state index in [4.69, 9.17) is 0 Å². The predicted molar refractivity (Wildman–Crippen MR) is 482 cm³/mol. The van der Waals surface area contributed by atoms with Crippen molar-refractivity contribution in [2.24, 2.45) is 71.9 Å². The second kappa shape index (κ2) is 65.1. The molecular formula is C92H206N10O4. The molecule has 0 atom stereocenters. The third-order valence-corrected chi connectivity index (χ3v) is 14.7. The van der Waals surface area contributed by atoms with E-state index in [1.807, 2.05) is 97.1 Å². The molecule has 0 saturated heterocycles. The summed E-state index contributed by atoms with van der Waals surface area (Å²) < 4.78 is 0. The number of rotatable bonds is 28. The van der Waals surface area contributed by atoms with Crippen LogP contribution in [0.4, 0.5) is 0 Å². The molecule has 10 N–H and O–H groups in total. The quantitative estimate of drug-likeness (QED) is 0.0338. The van der Waals surface area contributed by atoms with E-state index in [0.717, 1.165) is 97.3 Å². The highest BCUT2D eigenvalue weighted by Crippen LogP contribution is 2.23. The van der Waals surface area contributed by atoms with Crippen molar-refractivity contribution in [2.45, 2.75) is 420 Å². The molecule has 0 bridgehead atoms. The molecule has 0 radical (unpaired) electrons. The van der Waals surface area contributed by atoms with Gasteiger partial charge in [0.25, 0.3) is 0 Å². The summed E-state index contributed by atoms with van der Waals surface area (Å²) in [4.78, 5) is 45.0. The molecule has 0 fully saturated rings. The van der Waals surface area contributed by atoms with Gasteiger partial charge in [-0.15, -0.1) is 0 Å². The van der Waals surface area contributed by atoms with Crippen LogP contribution >= 0.6 is 0 Å². The summed E-state index contributed by atoms with van der Waals surface area (Å²) in [5.41, 5.74) is 2.18. The van der Waals surface area contributed by atoms with Crippen LogP contribution in [0.3, 0.4) is 0 Å². The van der Waals surface area contributed by atoms with E-state index in [1.165, 1.54) is 64.2 Å². The van der Waals surface area contributed by atoms with Crippen molar-refractivity contribution in [3.8, 4) is 0 Å². The first-order valence-electron chi connectivity index (χ1n) is 42.4. The van der Waals surface area contributed by atoms with Crippen LogP contribution in [0.2, 0.25) is 0 Å². The molecule has 14 nitrogen and oxygen atoms in total. The van der Waals surface area contributed by atoms with Gasteiger partial charge in [0.05, 0.1) is 0 Å². The number of carbonyl (C=O) groups excluding carboxylic acids is 4. The summed E-state index contributed by atoms with van der Waals surface area (Å²) in [5, 5.41) is 31.7. The van der Waals surface area contributed by atoms with E-state index in [9.17, 15) is 19.2 Å². The minimum atomic E-state index is -0.273. The lowest BCUT2D eigenvalue weighted by Crippen LogP contribution is -2.39. The lowest BCUT2D eigenvalue weighted by Gasteiger charge is -2.23. The van der Waals surface area contributed by atoms with Gasteiger partial charge in [-0.05, 0) is 229 Å². The van der Waals surface area contributed by atoms with Gasteiger partial charge in [-0.3, -0.25) is 19.2 Å². The number of hydrogen-bond acceptors (Lipinski definition) is 10. The largest absolute Gasteiger partial charge is 0.356 e. The smallest absolute Gasteiger partial charge is 0.225 e. The molecule has 648 valence electrons. The van der Waals surface area contributed by atoms with Crippen molar-refractivity contribution in [3.63, 3.8) is 0 Å². The molecule has 0 aromatic rings. The average Bonchev–Trinajstić information content (AvgIpc) is 0.913. The monoisotopic (exact) mass is 1520 g/mol. The van der Waals surface area contributed by atoms with Gasteiger partial charge in [0.1, 0.15) is 0 Å². The minimum Gasteiger partial charge on any atom is -0.356 e. The highest BCUT2D eigenvalue weighted by molar-refractivity contribution is 5.82. The molecule has 0 aliphatic heterocycles. The normalized spacial score (nSPS) is 12.3. The van der Waals surface area contributed by atoms with Gasteiger partial charge in [-0.2, -0.15) is 0 Å². The molecule has 106 heavy (non-hydrogen) atoms. The Labute approximate surface area is 669 Å². The molecule has 0 rings (SSSR count). The SMILES string of the molecule is CC(C)(C)CCCNC(C)(C)C.CC(C)(C)CNC(=O)C(C)(C)C.CC(C)CCNC(=O)C(C)(C)C.CC(C)CCNC(=O)C(C)(C)C.CC(C)CNCCC(C)(C)C.CC(C)NCCCC(C)(C)C.CCCCNC(C)(C)C.CCNC(=O)C(C)(C)C.CCNCCC(C)(C)C.CNCCCC(C)(C)C. The van der Waals surface area contributed by atoms with Gasteiger partial charge < -0.3 is 53.2 Å². The molecule has 0 saturated carbocycles. The number of carbonyl (C=O) groups is 4. The van der Waals surface area contributed by atoms with Crippen molar-refractivity contribution in [1.29, 1.82) is 0 Å². The van der Waals surface area contributed by atoms with Crippen molar-refractivity contribution < 1.29 is 19.2 Å². The van der Waals surface area contributed by atoms with E-state index < -0.39 is 0 Å². The summed E-state index contributed by atoms with van der Waals surface area (Å²) in [5.74, 6) is 2.61. The second-order valence-electron chi connectivity index (χ2n) is 44.5. The van der Waals surface area contributed by atoms with Crippen molar-refractivity contribution in [1.82, 2.24) is 53.2 Å². The van der Waals surface area contributed by atoms with Gasteiger partial charge in [0, 0.05) is 65.0 Å². The first kappa shape index (κ1) is 125. The van der Waals surface area contributed by atoms with Crippen LogP contribution < -0.4 is 53.2 Å². The van der Waals surface area contributed by atoms with Crippen LogP contribution in [0.1, 0.15) is 402 Å². The number of hydrogen-bond donors (Lipinski definition) is 10. The topological polar surface area (TPSA) is 189 Å². The fraction of sp³-hybridized carbons (Fsp3) is 0.957. The molecule has 0 aromatic heterocycles. The molecule has 0 aliphatic carbocycles. The third-order valence-electron chi connectivity index (χ3n) is 14.7. The Kier molecular flexibility index (Phi) is 76.5. The van der Waals surface area contributed by atoms with Gasteiger partial charge >= 0.3 is 0 Å². The third kappa shape index (κ3) is 140. The maximum atomic E-state index is 11.4. The lowest BCUT2D eigenvalue weighted by atomic mass is 9.90. The fourth-order valence-electron chi connectivity index (χ4n) is 7.54. The molecular weight excluding hydrogens is 1310 g/mol. The summed E-state index contributed by atoms with van der Waals surface area (Å²) >= 11 is 0. The molecule has 0 heterocycles. The van der Waals surface area contributed by atoms with E-state index in [-0.39, 0.29) is 56.2 Å². The summed E-state index contributed by atoms with van der Waals surface area (Å²) in [6.07, 6.45) is 15.0. The Balaban J connectivity index is -0.000000121. The van der Waals surface area contributed by atoms with Crippen molar-refractivity contribution in [3.05, 3.63) is 0 Å². The van der Waals surface area contributed by atoms with Crippen LogP contribution in [-0.4, -0.2) is 126 Å². The van der Waals surface area contributed by atoms with Crippen molar-refractivity contribution in [2.75, 3.05) is 85.6 Å². The molecule has 0 spiro atoms. The standard InChI is InChI=1S/C11H25N.3C10H21NO.2C10H23N.3C8H19N.C7H15NO/c1-10(2,3)8-7-9-12-11(4,5)6;1-9(2,3)7-11-8(12)10(4,5)6;2*1-8(2)6-7-11-9(12)10(3,4)5;1-9(2)8-11-7-6-10(3,4)5;1-9(2)11-8-6-7-10(3,4)5;1-8(2,3)6-5-7-9-4;1-5-9-7-6-8(2,3)4;1-5-6-7-9-8(2,3)4;1-5-8-6(9)7(2,3)4/h12H,7-9H2,1-6H3;7H2,1-6H3,(H,11,12);2*8H,6-7H2,1-5H3,(H,11,12);2*9,11H,6-8H2,1-5H3;3*9H,5-7H2,1-4H3;5H2,1-4H3,(H,8,9). The zero-order valence-electron chi connectivity index (χ0n) is 81.9. The maximum absolute atomic E-state index is 11.4. The minimum absolute atomic E-state index is 0.116. The second-order valence-corrected chi connectivity index (χ2v) is 44.5. The van der Waals surface area contributed by atoms with E-state index in [0.29, 0.717) is 50.5 Å². The Bertz CT molecular complexity index is 1840. The van der Waals surface area contributed by atoms with Crippen LogP contribution in [-0.2, 0) is 19.2 Å². The molecule has 0 aliphatic rings. The summed E-state index contributed by atoms with van der Waals surface area (Å²) in [6, 6.07) is 0.634. The zero-order valence-corrected chi connectivity index (χ0v) is 81.9.